The second-order valence-electron chi connectivity index (χ2n) is 8.11. The molecular formula is C20H23N3O3. The molecule has 1 N–H and O–H groups in total. The highest BCUT2D eigenvalue weighted by Crippen LogP contribution is 2.54. The van der Waals surface area contributed by atoms with Crippen molar-refractivity contribution in [3.8, 4) is 0 Å². The van der Waals surface area contributed by atoms with Crippen LogP contribution in [0.3, 0.4) is 0 Å². The average molecular weight is 353 g/mol. The highest BCUT2D eigenvalue weighted by molar-refractivity contribution is 6.05. The zero-order valence-corrected chi connectivity index (χ0v) is 15.1. The van der Waals surface area contributed by atoms with Crippen LogP contribution in [0.4, 0.5) is 0 Å². The Kier molecular flexibility index (Phi) is 3.68. The van der Waals surface area contributed by atoms with Gasteiger partial charge in [-0.05, 0) is 18.4 Å². The third-order valence-corrected chi connectivity index (χ3v) is 5.65. The summed E-state index contributed by atoms with van der Waals surface area (Å²) >= 11 is 0. The number of hydrogen-bond acceptors (Lipinski definition) is 3. The molecule has 2 aliphatic rings. The predicted molar refractivity (Wildman–Crippen MR) is 95.3 cm³/mol. The van der Waals surface area contributed by atoms with E-state index >= 15 is 0 Å². The van der Waals surface area contributed by atoms with Crippen molar-refractivity contribution in [2.24, 2.45) is 10.8 Å². The summed E-state index contributed by atoms with van der Waals surface area (Å²) in [4.78, 5) is 30.7. The summed E-state index contributed by atoms with van der Waals surface area (Å²) in [5.74, 6) is -0.443. The van der Waals surface area contributed by atoms with Gasteiger partial charge in [-0.2, -0.15) is 0 Å². The van der Waals surface area contributed by atoms with Crippen molar-refractivity contribution in [2.45, 2.75) is 39.3 Å². The minimum atomic E-state index is -1.20. The predicted octanol–water partition coefficient (Wildman–Crippen LogP) is 2.71. The average Bonchev–Trinajstić information content (AvgIpc) is 3.31. The SMILES string of the molecule is CC1(C)CN(C(=O)C2(C(=O)O)CC2)C1c1nccn1Cc1ccccc1. The Morgan fingerprint density at radius 2 is 1.92 bits per heavy atom. The number of amides is 1. The van der Waals surface area contributed by atoms with Gasteiger partial charge in [0.25, 0.3) is 0 Å². The molecule has 6 nitrogen and oxygen atoms in total. The van der Waals surface area contributed by atoms with Crippen molar-refractivity contribution in [1.29, 1.82) is 0 Å². The number of rotatable bonds is 5. The third kappa shape index (κ3) is 2.52. The van der Waals surface area contributed by atoms with E-state index in [4.69, 9.17) is 0 Å². The molecule has 1 aliphatic heterocycles. The third-order valence-electron chi connectivity index (χ3n) is 5.65. The van der Waals surface area contributed by atoms with Gasteiger partial charge in [0.1, 0.15) is 11.2 Å². The Labute approximate surface area is 152 Å². The highest BCUT2D eigenvalue weighted by atomic mass is 16.4. The first-order valence-corrected chi connectivity index (χ1v) is 8.95. The number of aromatic nitrogens is 2. The molecule has 26 heavy (non-hydrogen) atoms. The number of benzene rings is 1. The van der Waals surface area contributed by atoms with Gasteiger partial charge >= 0.3 is 5.97 Å². The maximum atomic E-state index is 12.9. The molecule has 136 valence electrons. The van der Waals surface area contributed by atoms with Gasteiger partial charge in [0.2, 0.25) is 5.91 Å². The number of carbonyl (C=O) groups is 2. The van der Waals surface area contributed by atoms with Gasteiger partial charge in [0, 0.05) is 30.9 Å². The molecule has 2 aromatic rings. The van der Waals surface area contributed by atoms with Crippen molar-refractivity contribution < 1.29 is 14.7 Å². The topological polar surface area (TPSA) is 75.4 Å². The quantitative estimate of drug-likeness (QED) is 0.839. The van der Waals surface area contributed by atoms with E-state index < -0.39 is 11.4 Å². The molecule has 1 aliphatic carbocycles. The summed E-state index contributed by atoms with van der Waals surface area (Å²) in [6.45, 7) is 5.44. The molecular weight excluding hydrogens is 330 g/mol. The smallest absolute Gasteiger partial charge is 0.319 e. The van der Waals surface area contributed by atoms with Crippen molar-refractivity contribution in [2.75, 3.05) is 6.54 Å². The molecule has 1 aromatic carbocycles. The maximum absolute atomic E-state index is 12.9. The number of carboxylic acids is 1. The Hall–Kier alpha value is -2.63. The molecule has 0 radical (unpaired) electrons. The lowest BCUT2D eigenvalue weighted by molar-refractivity contribution is -0.167. The van der Waals surface area contributed by atoms with Crippen LogP contribution in [0.2, 0.25) is 0 Å². The maximum Gasteiger partial charge on any atom is 0.319 e. The summed E-state index contributed by atoms with van der Waals surface area (Å²) in [5, 5.41) is 9.47. The van der Waals surface area contributed by atoms with Crippen LogP contribution in [0, 0.1) is 10.8 Å². The van der Waals surface area contributed by atoms with Gasteiger partial charge in [0.05, 0.1) is 6.04 Å². The monoisotopic (exact) mass is 353 g/mol. The summed E-state index contributed by atoms with van der Waals surface area (Å²) < 4.78 is 2.06. The summed E-state index contributed by atoms with van der Waals surface area (Å²) in [7, 11) is 0. The van der Waals surface area contributed by atoms with Crippen LogP contribution in [-0.2, 0) is 16.1 Å². The van der Waals surface area contributed by atoms with E-state index in [1.165, 1.54) is 0 Å². The van der Waals surface area contributed by atoms with Crippen molar-refractivity contribution in [3.63, 3.8) is 0 Å². The lowest BCUT2D eigenvalue weighted by Gasteiger charge is -2.54. The van der Waals surface area contributed by atoms with Crippen molar-refractivity contribution in [3.05, 3.63) is 54.1 Å². The zero-order chi connectivity index (χ0) is 18.5. The molecule has 1 amide bonds. The minimum absolute atomic E-state index is 0.135. The molecule has 0 bridgehead atoms. The number of carboxylic acid groups (broad SMARTS) is 1. The second kappa shape index (κ2) is 5.69. The number of imidazole rings is 1. The lowest BCUT2D eigenvalue weighted by Crippen LogP contribution is -2.61. The fourth-order valence-electron chi connectivity index (χ4n) is 4.01. The fraction of sp³-hybridized carbons (Fsp3) is 0.450. The van der Waals surface area contributed by atoms with Crippen LogP contribution in [0.25, 0.3) is 0 Å². The number of nitrogens with zero attached hydrogens (tertiary/aromatic N) is 3. The first-order chi connectivity index (χ1) is 12.3. The Bertz CT molecular complexity index is 852. The van der Waals surface area contributed by atoms with E-state index in [0.717, 1.165) is 11.4 Å². The Balaban J connectivity index is 1.63. The first-order valence-electron chi connectivity index (χ1n) is 8.95. The second-order valence-corrected chi connectivity index (χ2v) is 8.11. The van der Waals surface area contributed by atoms with Crippen LogP contribution in [-0.4, -0.2) is 38.0 Å². The van der Waals surface area contributed by atoms with Crippen LogP contribution < -0.4 is 0 Å². The van der Waals surface area contributed by atoms with Gasteiger partial charge in [-0.15, -0.1) is 0 Å². The lowest BCUT2D eigenvalue weighted by atomic mass is 9.73. The summed E-state index contributed by atoms with van der Waals surface area (Å²) in [5.41, 5.74) is -0.179. The zero-order valence-electron chi connectivity index (χ0n) is 15.1. The van der Waals surface area contributed by atoms with Crippen LogP contribution in [0.1, 0.15) is 44.1 Å². The van der Waals surface area contributed by atoms with Crippen LogP contribution >= 0.6 is 0 Å². The molecule has 6 heteroatoms. The van der Waals surface area contributed by atoms with Gasteiger partial charge in [-0.3, -0.25) is 9.59 Å². The van der Waals surface area contributed by atoms with Gasteiger partial charge in [-0.1, -0.05) is 44.2 Å². The van der Waals surface area contributed by atoms with Crippen LogP contribution in [0.15, 0.2) is 42.7 Å². The number of likely N-dealkylation sites (tertiary alicyclic amines) is 1. The normalized spacial score (nSPS) is 22.5. The van der Waals surface area contributed by atoms with E-state index in [2.05, 4.69) is 35.5 Å². The van der Waals surface area contributed by atoms with E-state index in [1.54, 1.807) is 11.1 Å². The highest BCUT2D eigenvalue weighted by Gasteiger charge is 2.63. The molecule has 1 saturated heterocycles. The summed E-state index contributed by atoms with van der Waals surface area (Å²) in [6.07, 6.45) is 4.54. The van der Waals surface area contributed by atoms with Crippen molar-refractivity contribution >= 4 is 11.9 Å². The molecule has 1 atom stereocenters. The number of aliphatic carboxylic acids is 1. The minimum Gasteiger partial charge on any atom is -0.480 e. The standard InChI is InChI=1S/C20H23N3O3/c1-19(2)13-23(17(24)20(8-9-20)18(25)26)15(19)16-21-10-11-22(16)12-14-6-4-3-5-7-14/h3-7,10-11,15H,8-9,12-13H2,1-2H3,(H,25,26). The van der Waals surface area contributed by atoms with E-state index in [-0.39, 0.29) is 17.4 Å². The van der Waals surface area contributed by atoms with E-state index in [9.17, 15) is 14.7 Å². The molecule has 0 spiro atoms. The van der Waals surface area contributed by atoms with E-state index in [1.807, 2.05) is 24.4 Å². The molecule has 2 fully saturated rings. The van der Waals surface area contributed by atoms with Crippen LogP contribution in [0.5, 0.6) is 0 Å². The van der Waals surface area contributed by atoms with Crippen molar-refractivity contribution in [1.82, 2.24) is 14.5 Å². The Morgan fingerprint density at radius 3 is 2.50 bits per heavy atom. The molecule has 1 aromatic heterocycles. The molecule has 1 unspecified atom stereocenters. The van der Waals surface area contributed by atoms with Gasteiger partial charge < -0.3 is 14.6 Å². The fourth-order valence-corrected chi connectivity index (χ4v) is 4.01. The molecule has 2 heterocycles. The molecule has 4 rings (SSSR count). The first kappa shape index (κ1) is 16.8. The van der Waals surface area contributed by atoms with E-state index in [0.29, 0.717) is 25.9 Å². The van der Waals surface area contributed by atoms with Gasteiger partial charge in [0.15, 0.2) is 0 Å². The van der Waals surface area contributed by atoms with Gasteiger partial charge in [-0.25, -0.2) is 4.98 Å². The summed E-state index contributed by atoms with van der Waals surface area (Å²) in [6, 6.07) is 9.89. The number of hydrogen-bond donors (Lipinski definition) is 1. The Morgan fingerprint density at radius 1 is 1.23 bits per heavy atom. The molecule has 1 saturated carbocycles. The number of carbonyl (C=O) groups excluding carboxylic acids is 1. The largest absolute Gasteiger partial charge is 0.480 e.